The van der Waals surface area contributed by atoms with Crippen molar-refractivity contribution in [1.82, 2.24) is 10.6 Å². The molecule has 0 fully saturated rings. The van der Waals surface area contributed by atoms with E-state index in [9.17, 15) is 18.4 Å². The van der Waals surface area contributed by atoms with Gasteiger partial charge in [-0.05, 0) is 53.3 Å². The first-order valence-electron chi connectivity index (χ1n) is 7.71. The molecule has 26 heavy (non-hydrogen) atoms. The van der Waals surface area contributed by atoms with Crippen LogP contribution in [0.2, 0.25) is 0 Å². The van der Waals surface area contributed by atoms with Crippen molar-refractivity contribution in [3.63, 3.8) is 0 Å². The Balaban J connectivity index is 2.01. The second-order valence-electron chi connectivity index (χ2n) is 5.94. The van der Waals surface area contributed by atoms with Crippen molar-refractivity contribution in [2.45, 2.75) is 6.92 Å². The van der Waals surface area contributed by atoms with Crippen LogP contribution in [-0.2, 0) is 9.59 Å². The van der Waals surface area contributed by atoms with E-state index in [0.717, 1.165) is 0 Å². The van der Waals surface area contributed by atoms with Crippen molar-refractivity contribution >= 4 is 45.8 Å². The molecule has 0 aromatic heterocycles. The molecule has 2 aliphatic heterocycles. The summed E-state index contributed by atoms with van der Waals surface area (Å²) in [5.74, 6) is -2.23. The predicted molar refractivity (Wildman–Crippen MR) is 100 cm³/mol. The minimum absolute atomic E-state index is 0.0377. The minimum atomic E-state index is -0.565. The zero-order valence-corrected chi connectivity index (χ0v) is 15.6. The standard InChI is InChI=1S/C19H11F2IN2O2/c1-8-4-2-5-9(20)12(8)16-14-15(19(26)23-16)17(24-18(14)25)13-10(21)6-3-7-11(13)22/h2-7H,1H3,(H,23,26)(H,24,25). The highest BCUT2D eigenvalue weighted by atomic mass is 127. The van der Waals surface area contributed by atoms with E-state index >= 15 is 0 Å². The molecule has 0 spiro atoms. The van der Waals surface area contributed by atoms with Gasteiger partial charge >= 0.3 is 0 Å². The molecular weight excluding hydrogens is 453 g/mol. The molecule has 7 heteroatoms. The molecule has 2 aromatic rings. The van der Waals surface area contributed by atoms with Gasteiger partial charge in [0.05, 0.1) is 22.5 Å². The lowest BCUT2D eigenvalue weighted by molar-refractivity contribution is -0.117. The number of halogens is 3. The van der Waals surface area contributed by atoms with Crippen molar-refractivity contribution < 1.29 is 18.4 Å². The summed E-state index contributed by atoms with van der Waals surface area (Å²) in [6, 6.07) is 8.98. The summed E-state index contributed by atoms with van der Waals surface area (Å²) in [6.45, 7) is 1.69. The van der Waals surface area contributed by atoms with Gasteiger partial charge in [-0.1, -0.05) is 18.2 Å². The fraction of sp³-hybridized carbons (Fsp3) is 0.0526. The zero-order valence-electron chi connectivity index (χ0n) is 13.4. The number of nitrogens with one attached hydrogen (secondary N) is 2. The van der Waals surface area contributed by atoms with Crippen molar-refractivity contribution in [1.29, 1.82) is 0 Å². The number of benzene rings is 2. The molecule has 2 heterocycles. The smallest absolute Gasteiger partial charge is 0.258 e. The molecule has 130 valence electrons. The molecule has 2 N–H and O–H groups in total. The highest BCUT2D eigenvalue weighted by molar-refractivity contribution is 14.1. The molecule has 2 aromatic carbocycles. The Bertz CT molecular complexity index is 947. The van der Waals surface area contributed by atoms with Gasteiger partial charge in [0.25, 0.3) is 11.8 Å². The second-order valence-corrected chi connectivity index (χ2v) is 7.10. The van der Waals surface area contributed by atoms with Gasteiger partial charge in [0.1, 0.15) is 11.6 Å². The Hall–Kier alpha value is -2.55. The van der Waals surface area contributed by atoms with Crippen molar-refractivity contribution in [2.24, 2.45) is 0 Å². The molecule has 0 saturated heterocycles. The molecule has 4 rings (SSSR count). The van der Waals surface area contributed by atoms with Crippen LogP contribution >= 0.6 is 22.6 Å². The molecule has 4 nitrogen and oxygen atoms in total. The van der Waals surface area contributed by atoms with E-state index in [1.165, 1.54) is 12.1 Å². The minimum Gasteiger partial charge on any atom is -0.320 e. The van der Waals surface area contributed by atoms with Crippen molar-refractivity contribution in [2.75, 3.05) is 0 Å². The summed E-state index contributed by atoms with van der Waals surface area (Å²) in [5.41, 5.74) is 1.18. The number of carbonyl (C=O) groups is 2. The number of hydrogen-bond acceptors (Lipinski definition) is 2. The quantitative estimate of drug-likeness (QED) is 0.671. The van der Waals surface area contributed by atoms with Gasteiger partial charge in [0, 0.05) is 14.7 Å². The summed E-state index contributed by atoms with van der Waals surface area (Å²) >= 11 is 1.94. The van der Waals surface area contributed by atoms with E-state index in [1.807, 2.05) is 22.6 Å². The predicted octanol–water partition coefficient (Wildman–Crippen LogP) is 3.26. The summed E-state index contributed by atoms with van der Waals surface area (Å²) in [6.07, 6.45) is 0. The lowest BCUT2D eigenvalue weighted by atomic mass is 9.99. The van der Waals surface area contributed by atoms with E-state index in [2.05, 4.69) is 10.6 Å². The fourth-order valence-corrected chi connectivity index (χ4v) is 3.98. The normalized spacial score (nSPS) is 16.2. The third-order valence-electron chi connectivity index (χ3n) is 4.37. The largest absolute Gasteiger partial charge is 0.320 e. The lowest BCUT2D eigenvalue weighted by Crippen LogP contribution is -2.22. The first-order chi connectivity index (χ1) is 12.4. The maximum atomic E-state index is 14.4. The Kier molecular flexibility index (Phi) is 3.91. The number of amides is 2. The summed E-state index contributed by atoms with van der Waals surface area (Å²) in [7, 11) is 0. The van der Waals surface area contributed by atoms with E-state index in [-0.39, 0.29) is 33.7 Å². The van der Waals surface area contributed by atoms with E-state index < -0.39 is 23.4 Å². The highest BCUT2D eigenvalue weighted by Crippen LogP contribution is 2.40. The highest BCUT2D eigenvalue weighted by Gasteiger charge is 2.42. The molecule has 0 bridgehead atoms. The van der Waals surface area contributed by atoms with E-state index in [1.54, 1.807) is 31.2 Å². The topological polar surface area (TPSA) is 58.2 Å². The molecule has 2 aliphatic rings. The van der Waals surface area contributed by atoms with Gasteiger partial charge in [-0.2, -0.15) is 0 Å². The molecule has 0 radical (unpaired) electrons. The second kappa shape index (κ2) is 6.01. The number of carbonyl (C=O) groups excluding carboxylic acids is 2. The monoisotopic (exact) mass is 464 g/mol. The third-order valence-corrected chi connectivity index (χ3v) is 5.26. The first-order valence-corrected chi connectivity index (χ1v) is 8.79. The van der Waals surface area contributed by atoms with Crippen LogP contribution in [0.3, 0.4) is 0 Å². The Morgan fingerprint density at radius 3 is 1.85 bits per heavy atom. The van der Waals surface area contributed by atoms with Crippen LogP contribution in [0.5, 0.6) is 0 Å². The summed E-state index contributed by atoms with van der Waals surface area (Å²) in [5, 5.41) is 5.16. The molecule has 0 saturated carbocycles. The fourth-order valence-electron chi connectivity index (χ4n) is 3.24. The average Bonchev–Trinajstić information content (AvgIpc) is 3.07. The lowest BCUT2D eigenvalue weighted by Gasteiger charge is -2.11. The van der Waals surface area contributed by atoms with Crippen LogP contribution in [0.1, 0.15) is 16.7 Å². The zero-order chi connectivity index (χ0) is 18.6. The molecule has 0 atom stereocenters. The van der Waals surface area contributed by atoms with Gasteiger partial charge in [0.2, 0.25) is 0 Å². The summed E-state index contributed by atoms with van der Waals surface area (Å²) < 4.78 is 29.3. The SMILES string of the molecule is Cc1cccc(F)c1C1=C2C(=O)NC(c3c(F)cccc3I)=C2C(=O)N1. The number of fused-ring (bicyclic) bond motifs is 1. The maximum absolute atomic E-state index is 14.4. The van der Waals surface area contributed by atoms with Gasteiger partial charge in [-0.15, -0.1) is 0 Å². The average molecular weight is 464 g/mol. The van der Waals surface area contributed by atoms with Gasteiger partial charge in [0.15, 0.2) is 0 Å². The Morgan fingerprint density at radius 2 is 1.31 bits per heavy atom. The molecule has 0 aliphatic carbocycles. The third kappa shape index (κ3) is 2.38. The van der Waals surface area contributed by atoms with Crippen LogP contribution in [0, 0.1) is 22.1 Å². The first kappa shape index (κ1) is 16.9. The molecule has 2 amide bonds. The van der Waals surface area contributed by atoms with E-state index in [4.69, 9.17) is 0 Å². The van der Waals surface area contributed by atoms with Crippen LogP contribution in [0.25, 0.3) is 11.4 Å². The summed E-state index contributed by atoms with van der Waals surface area (Å²) in [4.78, 5) is 25.1. The van der Waals surface area contributed by atoms with Crippen LogP contribution in [0.4, 0.5) is 8.78 Å². The van der Waals surface area contributed by atoms with Crippen LogP contribution < -0.4 is 10.6 Å². The van der Waals surface area contributed by atoms with E-state index in [0.29, 0.717) is 9.13 Å². The molecule has 0 unspecified atom stereocenters. The number of rotatable bonds is 2. The Morgan fingerprint density at radius 1 is 0.808 bits per heavy atom. The van der Waals surface area contributed by atoms with Crippen molar-refractivity contribution in [3.8, 4) is 0 Å². The number of hydrogen-bond donors (Lipinski definition) is 2. The van der Waals surface area contributed by atoms with Crippen LogP contribution in [0.15, 0.2) is 47.5 Å². The Labute approximate surface area is 161 Å². The van der Waals surface area contributed by atoms with Gasteiger partial charge < -0.3 is 10.6 Å². The molecular formula is C19H11F2IN2O2. The maximum Gasteiger partial charge on any atom is 0.258 e. The van der Waals surface area contributed by atoms with Gasteiger partial charge in [-0.25, -0.2) is 8.78 Å². The van der Waals surface area contributed by atoms with Crippen molar-refractivity contribution in [3.05, 3.63) is 79.4 Å². The van der Waals surface area contributed by atoms with Gasteiger partial charge in [-0.3, -0.25) is 9.59 Å². The van der Waals surface area contributed by atoms with Crippen LogP contribution in [-0.4, -0.2) is 11.8 Å². The number of aryl methyl sites for hydroxylation is 1.